The van der Waals surface area contributed by atoms with Gasteiger partial charge in [-0.2, -0.15) is 5.10 Å². The fourth-order valence-corrected chi connectivity index (χ4v) is 3.98. The zero-order valence-corrected chi connectivity index (χ0v) is 16.9. The lowest BCUT2D eigenvalue weighted by atomic mass is 9.72. The molecule has 1 aliphatic rings. The van der Waals surface area contributed by atoms with Gasteiger partial charge in [-0.1, -0.05) is 36.4 Å². The zero-order chi connectivity index (χ0) is 20.1. The van der Waals surface area contributed by atoms with Crippen molar-refractivity contribution in [1.82, 2.24) is 4.90 Å². The lowest BCUT2D eigenvalue weighted by molar-refractivity contribution is -0.106. The van der Waals surface area contributed by atoms with Gasteiger partial charge in [0, 0.05) is 6.42 Å². The summed E-state index contributed by atoms with van der Waals surface area (Å²) < 4.78 is 14.6. The number of aldehydes is 1. The molecule has 1 unspecified atom stereocenters. The summed E-state index contributed by atoms with van der Waals surface area (Å²) in [6, 6.07) is 15.2. The molecule has 2 aromatic rings. The lowest BCUT2D eigenvalue weighted by Gasteiger charge is -2.32. The Hall–Kier alpha value is -2.53. The summed E-state index contributed by atoms with van der Waals surface area (Å²) >= 11 is 0. The Kier molecular flexibility index (Phi) is 6.25. The second kappa shape index (κ2) is 8.65. The molecule has 1 atom stereocenters. The molecule has 2 aromatic carbocycles. The summed E-state index contributed by atoms with van der Waals surface area (Å²) in [6.07, 6.45) is 2.97. The second-order valence-electron chi connectivity index (χ2n) is 7.78. The summed E-state index contributed by atoms with van der Waals surface area (Å²) in [4.78, 5) is 13.6. The van der Waals surface area contributed by atoms with E-state index in [-0.39, 0.29) is 12.2 Å². The van der Waals surface area contributed by atoms with Gasteiger partial charge >= 0.3 is 0 Å². The predicted octanol–water partition coefficient (Wildman–Crippen LogP) is 4.18. The van der Waals surface area contributed by atoms with Crippen molar-refractivity contribution in [2.24, 2.45) is 5.10 Å². The smallest absolute Gasteiger partial charge is 0.148 e. The van der Waals surface area contributed by atoms with E-state index in [1.54, 1.807) is 11.1 Å². The maximum absolute atomic E-state index is 14.6. The van der Waals surface area contributed by atoms with Gasteiger partial charge in [0.25, 0.3) is 0 Å². The molecule has 0 amide bonds. The molecule has 0 N–H and O–H groups in total. The molecule has 0 radical (unpaired) electrons. The van der Waals surface area contributed by atoms with Gasteiger partial charge in [0.2, 0.25) is 0 Å². The largest absolute Gasteiger partial charge is 0.309 e. The Bertz CT molecular complexity index is 850. The van der Waals surface area contributed by atoms with Crippen LogP contribution >= 0.6 is 0 Å². The highest BCUT2D eigenvalue weighted by molar-refractivity contribution is 6.04. The van der Waals surface area contributed by atoms with Crippen LogP contribution in [0.4, 0.5) is 10.1 Å². The Labute approximate surface area is 166 Å². The molecule has 3 rings (SSSR count). The van der Waals surface area contributed by atoms with Gasteiger partial charge < -0.3 is 9.69 Å². The fourth-order valence-electron chi connectivity index (χ4n) is 3.98. The monoisotopic (exact) mass is 381 g/mol. The van der Waals surface area contributed by atoms with Crippen LogP contribution in [0.15, 0.2) is 53.6 Å². The summed E-state index contributed by atoms with van der Waals surface area (Å²) in [5.41, 5.74) is 2.99. The molecule has 5 heteroatoms. The van der Waals surface area contributed by atoms with Crippen LogP contribution in [0.2, 0.25) is 0 Å². The summed E-state index contributed by atoms with van der Waals surface area (Å²) in [5, 5.41) is 6.48. The Balaban J connectivity index is 2.03. The van der Waals surface area contributed by atoms with Crippen LogP contribution in [-0.2, 0) is 10.2 Å². The number of hydrogen-bond donors (Lipinski definition) is 0. The number of anilines is 1. The topological polar surface area (TPSA) is 35.9 Å². The molecule has 148 valence electrons. The van der Waals surface area contributed by atoms with Crippen LogP contribution in [0.3, 0.4) is 0 Å². The molecule has 4 nitrogen and oxygen atoms in total. The quantitative estimate of drug-likeness (QED) is 0.644. The number of nitrogens with zero attached hydrogens (tertiary/aromatic N) is 3. The highest BCUT2D eigenvalue weighted by atomic mass is 19.1. The van der Waals surface area contributed by atoms with E-state index in [9.17, 15) is 9.18 Å². The molecule has 1 heterocycles. The van der Waals surface area contributed by atoms with E-state index in [1.165, 1.54) is 6.07 Å². The highest BCUT2D eigenvalue weighted by Crippen LogP contribution is 2.40. The van der Waals surface area contributed by atoms with Crippen LogP contribution in [0, 0.1) is 12.7 Å². The van der Waals surface area contributed by atoms with Crippen molar-refractivity contribution in [3.63, 3.8) is 0 Å². The number of carbonyl (C=O) groups excluding carboxylic acids is 1. The number of carbonyl (C=O) groups is 1. The van der Waals surface area contributed by atoms with Crippen molar-refractivity contribution in [2.75, 3.05) is 32.2 Å². The van der Waals surface area contributed by atoms with Crippen LogP contribution < -0.4 is 5.01 Å². The number of aryl methyl sites for hydroxylation is 1. The van der Waals surface area contributed by atoms with E-state index in [1.807, 2.05) is 31.2 Å². The van der Waals surface area contributed by atoms with Crippen molar-refractivity contribution < 1.29 is 9.18 Å². The van der Waals surface area contributed by atoms with Crippen molar-refractivity contribution in [3.8, 4) is 0 Å². The number of hydrogen-bond acceptors (Lipinski definition) is 4. The number of hydrazone groups is 1. The molecule has 0 saturated carbocycles. The maximum atomic E-state index is 14.6. The first-order valence-corrected chi connectivity index (χ1v) is 9.72. The Morgan fingerprint density at radius 1 is 1.21 bits per heavy atom. The minimum absolute atomic E-state index is 0.251. The van der Waals surface area contributed by atoms with E-state index in [0.29, 0.717) is 12.2 Å². The predicted molar refractivity (Wildman–Crippen MR) is 113 cm³/mol. The average molecular weight is 381 g/mol. The molecule has 1 aliphatic heterocycles. The minimum Gasteiger partial charge on any atom is -0.309 e. The van der Waals surface area contributed by atoms with Crippen molar-refractivity contribution in [3.05, 3.63) is 65.5 Å². The number of benzene rings is 2. The molecule has 28 heavy (non-hydrogen) atoms. The molecule has 0 spiro atoms. The third kappa shape index (κ3) is 4.14. The van der Waals surface area contributed by atoms with Crippen LogP contribution in [0.5, 0.6) is 0 Å². The summed E-state index contributed by atoms with van der Waals surface area (Å²) in [6.45, 7) is 3.42. The molecular formula is C23H28FN3O. The van der Waals surface area contributed by atoms with Crippen molar-refractivity contribution in [2.45, 2.75) is 31.6 Å². The molecule has 0 aliphatic carbocycles. The molecule has 0 bridgehead atoms. The van der Waals surface area contributed by atoms with Gasteiger partial charge in [0.15, 0.2) is 0 Å². The van der Waals surface area contributed by atoms with Gasteiger partial charge in [0.1, 0.15) is 12.1 Å². The minimum atomic E-state index is -0.394. The van der Waals surface area contributed by atoms with Gasteiger partial charge in [-0.25, -0.2) is 4.39 Å². The Morgan fingerprint density at radius 3 is 2.64 bits per heavy atom. The first kappa shape index (κ1) is 20.2. The van der Waals surface area contributed by atoms with Gasteiger partial charge in [0.05, 0.1) is 23.4 Å². The number of halogens is 1. The zero-order valence-electron chi connectivity index (χ0n) is 16.9. The maximum Gasteiger partial charge on any atom is 0.148 e. The van der Waals surface area contributed by atoms with Crippen LogP contribution in [0.1, 0.15) is 30.4 Å². The van der Waals surface area contributed by atoms with E-state index >= 15 is 0 Å². The average Bonchev–Trinajstić information content (AvgIpc) is 3.04. The second-order valence-corrected chi connectivity index (χ2v) is 7.78. The molecule has 0 saturated heterocycles. The summed E-state index contributed by atoms with van der Waals surface area (Å²) in [5.74, 6) is -0.294. The van der Waals surface area contributed by atoms with E-state index in [4.69, 9.17) is 5.10 Å². The first-order valence-electron chi connectivity index (χ1n) is 9.72. The Morgan fingerprint density at radius 2 is 1.96 bits per heavy atom. The summed E-state index contributed by atoms with van der Waals surface area (Å²) in [7, 11) is 4.11. The normalized spacial score (nSPS) is 19.2. The van der Waals surface area contributed by atoms with Gasteiger partial charge in [-0.05, 0) is 63.7 Å². The van der Waals surface area contributed by atoms with Gasteiger partial charge in [-0.15, -0.1) is 0 Å². The van der Waals surface area contributed by atoms with Crippen molar-refractivity contribution in [1.29, 1.82) is 0 Å². The van der Waals surface area contributed by atoms with E-state index in [2.05, 4.69) is 31.1 Å². The molecule has 0 aromatic heterocycles. The first-order chi connectivity index (χ1) is 13.5. The van der Waals surface area contributed by atoms with E-state index in [0.717, 1.165) is 42.5 Å². The standard InChI is InChI=1S/C23H28FN3O/c1-18-10-11-20(24)21(16-18)27-17-23(13-7-14-26(2)3,22(25-27)12-15-28)19-8-5-4-6-9-19/h4-6,8-11,15-16H,7,12-14,17H2,1-3H3. The number of rotatable bonds is 8. The third-order valence-corrected chi connectivity index (χ3v) is 5.41. The lowest BCUT2D eigenvalue weighted by Crippen LogP contribution is -2.39. The third-order valence-electron chi connectivity index (χ3n) is 5.41. The van der Waals surface area contributed by atoms with Gasteiger partial charge in [-0.3, -0.25) is 5.01 Å². The fraction of sp³-hybridized carbons (Fsp3) is 0.391. The van der Waals surface area contributed by atoms with Crippen LogP contribution in [0.25, 0.3) is 0 Å². The van der Waals surface area contributed by atoms with E-state index < -0.39 is 5.41 Å². The SMILES string of the molecule is Cc1ccc(F)c(N2CC(CCCN(C)C)(c3ccccc3)C(CC=O)=N2)c1. The molecular weight excluding hydrogens is 353 g/mol. The molecule has 0 fully saturated rings. The highest BCUT2D eigenvalue weighted by Gasteiger charge is 2.44. The van der Waals surface area contributed by atoms with Crippen LogP contribution in [-0.4, -0.2) is 44.1 Å². The van der Waals surface area contributed by atoms with Crippen molar-refractivity contribution >= 4 is 17.7 Å².